The highest BCUT2D eigenvalue weighted by Gasteiger charge is 2.04. The number of rotatable bonds is 4. The van der Waals surface area contributed by atoms with Gasteiger partial charge in [0.25, 0.3) is 0 Å². The molecule has 0 aliphatic carbocycles. The van der Waals surface area contributed by atoms with Crippen LogP contribution in [-0.2, 0) is 6.61 Å². The fourth-order valence-corrected chi connectivity index (χ4v) is 1.53. The van der Waals surface area contributed by atoms with Gasteiger partial charge in [-0.05, 0) is 29.8 Å². The van der Waals surface area contributed by atoms with E-state index in [1.807, 2.05) is 18.2 Å². The lowest BCUT2D eigenvalue weighted by Gasteiger charge is -2.07. The third-order valence-electron chi connectivity index (χ3n) is 2.42. The predicted molar refractivity (Wildman–Crippen MR) is 66.3 cm³/mol. The molecule has 2 aromatic rings. The Bertz CT molecular complexity index is 562. The molecule has 0 aliphatic rings. The molecule has 0 amide bonds. The molecule has 0 aliphatic heterocycles. The maximum absolute atomic E-state index is 8.98. The first-order chi connectivity index (χ1) is 8.83. The van der Waals surface area contributed by atoms with Gasteiger partial charge < -0.3 is 9.47 Å². The van der Waals surface area contributed by atoms with Crippen LogP contribution in [0.25, 0.3) is 0 Å². The van der Waals surface area contributed by atoms with Gasteiger partial charge in [-0.1, -0.05) is 6.07 Å². The van der Waals surface area contributed by atoms with E-state index in [9.17, 15) is 0 Å². The molecule has 0 bridgehead atoms. The molecule has 4 heteroatoms. The van der Waals surface area contributed by atoms with Gasteiger partial charge in [-0.2, -0.15) is 5.26 Å². The second kappa shape index (κ2) is 5.69. The predicted octanol–water partition coefficient (Wildman–Crippen LogP) is 2.54. The third-order valence-corrected chi connectivity index (χ3v) is 2.42. The first-order valence-corrected chi connectivity index (χ1v) is 5.43. The summed E-state index contributed by atoms with van der Waals surface area (Å²) in [4.78, 5) is 3.96. The third kappa shape index (κ3) is 2.77. The summed E-state index contributed by atoms with van der Waals surface area (Å²) in [5.74, 6) is 1.27. The van der Waals surface area contributed by atoms with E-state index in [0.29, 0.717) is 23.7 Å². The zero-order chi connectivity index (χ0) is 12.8. The number of hydrogen-bond acceptors (Lipinski definition) is 4. The molecule has 0 unspecified atom stereocenters. The highest BCUT2D eigenvalue weighted by Crippen LogP contribution is 2.19. The van der Waals surface area contributed by atoms with E-state index in [0.717, 1.165) is 5.56 Å². The standard InChI is InChI=1S/C14H12N2O2/c1-17-14-5-4-11(7-12(14)8-15)10-18-13-3-2-6-16-9-13/h2-7,9H,10H2,1H3. The molecule has 0 saturated heterocycles. The van der Waals surface area contributed by atoms with Crippen LogP contribution in [0.4, 0.5) is 0 Å². The zero-order valence-corrected chi connectivity index (χ0v) is 9.96. The van der Waals surface area contributed by atoms with Gasteiger partial charge in [-0.25, -0.2) is 0 Å². The Balaban J connectivity index is 2.09. The van der Waals surface area contributed by atoms with Crippen LogP contribution in [0.15, 0.2) is 42.7 Å². The van der Waals surface area contributed by atoms with Crippen molar-refractivity contribution in [3.8, 4) is 17.6 Å². The molecule has 1 aromatic carbocycles. The monoisotopic (exact) mass is 240 g/mol. The zero-order valence-electron chi connectivity index (χ0n) is 9.96. The summed E-state index contributed by atoms with van der Waals surface area (Å²) in [6.45, 7) is 0.393. The van der Waals surface area contributed by atoms with Gasteiger partial charge in [0.15, 0.2) is 0 Å². The van der Waals surface area contributed by atoms with Crippen molar-refractivity contribution in [3.63, 3.8) is 0 Å². The van der Waals surface area contributed by atoms with E-state index >= 15 is 0 Å². The van der Waals surface area contributed by atoms with Crippen molar-refractivity contribution in [2.75, 3.05) is 7.11 Å². The molecule has 0 saturated carbocycles. The number of hydrogen-bond donors (Lipinski definition) is 0. The summed E-state index contributed by atoms with van der Waals surface area (Å²) in [5.41, 5.74) is 1.42. The molecule has 1 heterocycles. The van der Waals surface area contributed by atoms with E-state index < -0.39 is 0 Å². The Morgan fingerprint density at radius 1 is 1.33 bits per heavy atom. The molecule has 0 fully saturated rings. The van der Waals surface area contributed by atoms with Gasteiger partial charge in [0, 0.05) is 6.20 Å². The van der Waals surface area contributed by atoms with Gasteiger partial charge in [-0.15, -0.1) is 0 Å². The van der Waals surface area contributed by atoms with Crippen molar-refractivity contribution in [2.45, 2.75) is 6.61 Å². The number of aromatic nitrogens is 1. The summed E-state index contributed by atoms with van der Waals surface area (Å²) in [6.07, 6.45) is 3.34. The van der Waals surface area contributed by atoms with Crippen LogP contribution >= 0.6 is 0 Å². The lowest BCUT2D eigenvalue weighted by molar-refractivity contribution is 0.304. The number of nitriles is 1. The summed E-state index contributed by atoms with van der Waals surface area (Å²) in [6, 6.07) is 11.1. The Kier molecular flexibility index (Phi) is 3.77. The lowest BCUT2D eigenvalue weighted by atomic mass is 10.1. The SMILES string of the molecule is COc1ccc(COc2cccnc2)cc1C#N. The fourth-order valence-electron chi connectivity index (χ4n) is 1.53. The van der Waals surface area contributed by atoms with Crippen molar-refractivity contribution in [3.05, 3.63) is 53.9 Å². The van der Waals surface area contributed by atoms with Crippen LogP contribution in [0.3, 0.4) is 0 Å². The molecule has 18 heavy (non-hydrogen) atoms. The second-order valence-corrected chi connectivity index (χ2v) is 3.62. The number of benzene rings is 1. The van der Waals surface area contributed by atoms with Crippen molar-refractivity contribution in [1.82, 2.24) is 4.98 Å². The summed E-state index contributed by atoms with van der Waals surface area (Å²) in [7, 11) is 1.54. The molecule has 0 N–H and O–H groups in total. The van der Waals surface area contributed by atoms with E-state index in [2.05, 4.69) is 11.1 Å². The van der Waals surface area contributed by atoms with E-state index in [-0.39, 0.29) is 0 Å². The number of nitrogens with zero attached hydrogens (tertiary/aromatic N) is 2. The molecular formula is C14H12N2O2. The lowest BCUT2D eigenvalue weighted by Crippen LogP contribution is -1.97. The van der Waals surface area contributed by atoms with Gasteiger partial charge in [0.05, 0.1) is 18.9 Å². The van der Waals surface area contributed by atoms with Crippen LogP contribution in [-0.4, -0.2) is 12.1 Å². The van der Waals surface area contributed by atoms with Crippen LogP contribution in [0, 0.1) is 11.3 Å². The van der Waals surface area contributed by atoms with Crippen molar-refractivity contribution < 1.29 is 9.47 Å². The summed E-state index contributed by atoms with van der Waals surface area (Å²) < 4.78 is 10.6. The minimum absolute atomic E-state index is 0.393. The first-order valence-electron chi connectivity index (χ1n) is 5.43. The largest absolute Gasteiger partial charge is 0.495 e. The summed E-state index contributed by atoms with van der Waals surface area (Å²) in [5, 5.41) is 8.98. The minimum Gasteiger partial charge on any atom is -0.495 e. The minimum atomic E-state index is 0.393. The van der Waals surface area contributed by atoms with Crippen molar-refractivity contribution in [2.24, 2.45) is 0 Å². The topological polar surface area (TPSA) is 55.1 Å². The van der Waals surface area contributed by atoms with Crippen molar-refractivity contribution >= 4 is 0 Å². The molecule has 0 spiro atoms. The molecule has 90 valence electrons. The van der Waals surface area contributed by atoms with Crippen LogP contribution in [0.2, 0.25) is 0 Å². The molecule has 0 atom stereocenters. The van der Waals surface area contributed by atoms with E-state index in [1.54, 1.807) is 31.6 Å². The molecule has 4 nitrogen and oxygen atoms in total. The number of methoxy groups -OCH3 is 1. The highest BCUT2D eigenvalue weighted by atomic mass is 16.5. The maximum atomic E-state index is 8.98. The number of ether oxygens (including phenoxy) is 2. The maximum Gasteiger partial charge on any atom is 0.138 e. The second-order valence-electron chi connectivity index (χ2n) is 3.62. The molecule has 0 radical (unpaired) electrons. The Morgan fingerprint density at radius 3 is 2.89 bits per heavy atom. The normalized spacial score (nSPS) is 9.56. The Morgan fingerprint density at radius 2 is 2.22 bits per heavy atom. The van der Waals surface area contributed by atoms with Gasteiger partial charge in [-0.3, -0.25) is 4.98 Å². The van der Waals surface area contributed by atoms with E-state index in [4.69, 9.17) is 14.7 Å². The molecule has 1 aromatic heterocycles. The molecular weight excluding hydrogens is 228 g/mol. The van der Waals surface area contributed by atoms with Crippen LogP contribution in [0.1, 0.15) is 11.1 Å². The quantitative estimate of drug-likeness (QED) is 0.824. The molecule has 2 rings (SSSR count). The Hall–Kier alpha value is -2.54. The average Bonchev–Trinajstić information content (AvgIpc) is 2.45. The Labute approximate surface area is 105 Å². The van der Waals surface area contributed by atoms with Gasteiger partial charge in [0.1, 0.15) is 24.2 Å². The summed E-state index contributed by atoms with van der Waals surface area (Å²) >= 11 is 0. The van der Waals surface area contributed by atoms with Gasteiger partial charge in [0.2, 0.25) is 0 Å². The van der Waals surface area contributed by atoms with Crippen LogP contribution < -0.4 is 9.47 Å². The first kappa shape index (κ1) is 11.9. The van der Waals surface area contributed by atoms with Crippen LogP contribution in [0.5, 0.6) is 11.5 Å². The van der Waals surface area contributed by atoms with Crippen molar-refractivity contribution in [1.29, 1.82) is 5.26 Å². The number of pyridine rings is 1. The van der Waals surface area contributed by atoms with Gasteiger partial charge >= 0.3 is 0 Å². The van der Waals surface area contributed by atoms with E-state index in [1.165, 1.54) is 0 Å². The smallest absolute Gasteiger partial charge is 0.138 e. The average molecular weight is 240 g/mol. The highest BCUT2D eigenvalue weighted by molar-refractivity contribution is 5.45. The fraction of sp³-hybridized carbons (Fsp3) is 0.143.